The molecule has 166 valence electrons. The Kier molecular flexibility index (Phi) is 11.5. The van der Waals surface area contributed by atoms with Gasteiger partial charge in [0.2, 0.25) is 17.7 Å². The zero-order valence-electron chi connectivity index (χ0n) is 17.2. The lowest BCUT2D eigenvalue weighted by atomic mass is 10.0. The SMILES string of the molecule is CC(C)CC(N)C(=O)NC(CC(C)C)C(=O)NCC(=O)NC(CC(=O)O)C(=O)O. The van der Waals surface area contributed by atoms with Crippen molar-refractivity contribution in [3.05, 3.63) is 0 Å². The molecule has 3 amide bonds. The number of carboxylic acids is 2. The Morgan fingerprint density at radius 1 is 0.828 bits per heavy atom. The van der Waals surface area contributed by atoms with Crippen molar-refractivity contribution in [1.82, 2.24) is 16.0 Å². The van der Waals surface area contributed by atoms with Gasteiger partial charge in [0.1, 0.15) is 12.1 Å². The van der Waals surface area contributed by atoms with E-state index >= 15 is 0 Å². The number of hydrogen-bond donors (Lipinski definition) is 6. The topological polar surface area (TPSA) is 188 Å². The normalized spacial score (nSPS) is 14.0. The maximum Gasteiger partial charge on any atom is 0.326 e. The van der Waals surface area contributed by atoms with E-state index in [1.807, 2.05) is 33.0 Å². The highest BCUT2D eigenvalue weighted by molar-refractivity contribution is 5.93. The van der Waals surface area contributed by atoms with Gasteiger partial charge < -0.3 is 31.9 Å². The lowest BCUT2D eigenvalue weighted by Crippen LogP contribution is -2.54. The van der Waals surface area contributed by atoms with Crippen molar-refractivity contribution >= 4 is 29.7 Å². The fourth-order valence-electron chi connectivity index (χ4n) is 2.51. The Morgan fingerprint density at radius 2 is 1.38 bits per heavy atom. The van der Waals surface area contributed by atoms with Crippen LogP contribution in [0, 0.1) is 11.8 Å². The average Bonchev–Trinajstić information content (AvgIpc) is 2.56. The van der Waals surface area contributed by atoms with Crippen LogP contribution in [0.15, 0.2) is 0 Å². The van der Waals surface area contributed by atoms with Crippen LogP contribution in [0.2, 0.25) is 0 Å². The molecule has 0 aromatic rings. The second-order valence-corrected chi connectivity index (χ2v) is 7.70. The fourth-order valence-corrected chi connectivity index (χ4v) is 2.51. The van der Waals surface area contributed by atoms with Gasteiger partial charge in [-0.1, -0.05) is 27.7 Å². The molecule has 0 rings (SSSR count). The summed E-state index contributed by atoms with van der Waals surface area (Å²) in [5, 5.41) is 24.5. The number of nitrogens with two attached hydrogens (primary N) is 1. The number of amides is 3. The van der Waals surface area contributed by atoms with E-state index < -0.39 is 60.8 Å². The first-order valence-corrected chi connectivity index (χ1v) is 9.41. The molecular weight excluding hydrogens is 384 g/mol. The van der Waals surface area contributed by atoms with Crippen LogP contribution in [0.5, 0.6) is 0 Å². The van der Waals surface area contributed by atoms with Gasteiger partial charge in [0.05, 0.1) is 19.0 Å². The number of rotatable bonds is 13. The van der Waals surface area contributed by atoms with Gasteiger partial charge in [-0.05, 0) is 24.7 Å². The molecule has 0 aliphatic rings. The fraction of sp³-hybridized carbons (Fsp3) is 0.722. The molecule has 0 bridgehead atoms. The molecular formula is C18H32N4O7. The van der Waals surface area contributed by atoms with Crippen LogP contribution in [-0.4, -0.2) is 64.5 Å². The van der Waals surface area contributed by atoms with Crippen molar-refractivity contribution in [3.63, 3.8) is 0 Å². The maximum absolute atomic E-state index is 12.4. The number of aliphatic carboxylic acids is 2. The van der Waals surface area contributed by atoms with E-state index in [9.17, 15) is 24.0 Å². The Hall–Kier alpha value is -2.69. The number of carboxylic acid groups (broad SMARTS) is 2. The van der Waals surface area contributed by atoms with Crippen molar-refractivity contribution in [2.45, 2.75) is 65.1 Å². The van der Waals surface area contributed by atoms with E-state index in [2.05, 4.69) is 10.6 Å². The van der Waals surface area contributed by atoms with Gasteiger partial charge in [0.15, 0.2) is 0 Å². The van der Waals surface area contributed by atoms with Gasteiger partial charge >= 0.3 is 11.9 Å². The van der Waals surface area contributed by atoms with Crippen LogP contribution in [0.4, 0.5) is 0 Å². The largest absolute Gasteiger partial charge is 0.481 e. The van der Waals surface area contributed by atoms with Crippen LogP contribution < -0.4 is 21.7 Å². The summed E-state index contributed by atoms with van der Waals surface area (Å²) in [5.74, 6) is -4.59. The van der Waals surface area contributed by atoms with Gasteiger partial charge in [-0.15, -0.1) is 0 Å². The number of carbonyl (C=O) groups excluding carboxylic acids is 3. The monoisotopic (exact) mass is 416 g/mol. The van der Waals surface area contributed by atoms with Gasteiger partial charge in [0, 0.05) is 0 Å². The summed E-state index contributed by atoms with van der Waals surface area (Å²) in [7, 11) is 0. The van der Waals surface area contributed by atoms with Crippen LogP contribution in [-0.2, 0) is 24.0 Å². The van der Waals surface area contributed by atoms with Crippen molar-refractivity contribution < 1.29 is 34.2 Å². The van der Waals surface area contributed by atoms with Crippen LogP contribution in [0.1, 0.15) is 47.0 Å². The van der Waals surface area contributed by atoms with Crippen molar-refractivity contribution in [3.8, 4) is 0 Å². The highest BCUT2D eigenvalue weighted by Crippen LogP contribution is 2.07. The number of hydrogen-bond acceptors (Lipinski definition) is 6. The van der Waals surface area contributed by atoms with E-state index in [4.69, 9.17) is 15.9 Å². The molecule has 7 N–H and O–H groups in total. The third-order valence-electron chi connectivity index (χ3n) is 3.84. The van der Waals surface area contributed by atoms with E-state index in [1.165, 1.54) is 0 Å². The van der Waals surface area contributed by atoms with Gasteiger partial charge in [0.25, 0.3) is 0 Å². The molecule has 29 heavy (non-hydrogen) atoms. The molecule has 11 heteroatoms. The molecule has 0 fully saturated rings. The standard InChI is InChI=1S/C18H32N4O7/c1-9(2)5-11(19)16(26)22-12(6-10(3)4)17(27)20-8-14(23)21-13(18(28)29)7-15(24)25/h9-13H,5-8,19H2,1-4H3,(H,20,27)(H,21,23)(H,22,26)(H,24,25)(H,28,29). The van der Waals surface area contributed by atoms with Crippen LogP contribution >= 0.6 is 0 Å². The molecule has 11 nitrogen and oxygen atoms in total. The molecule has 0 radical (unpaired) electrons. The Labute approximate surface area is 169 Å². The predicted molar refractivity (Wildman–Crippen MR) is 104 cm³/mol. The molecule has 0 aromatic carbocycles. The second kappa shape index (κ2) is 12.7. The zero-order valence-corrected chi connectivity index (χ0v) is 17.2. The van der Waals surface area contributed by atoms with Gasteiger partial charge in [-0.2, -0.15) is 0 Å². The zero-order chi connectivity index (χ0) is 22.7. The Balaban J connectivity index is 4.85. The first-order valence-electron chi connectivity index (χ1n) is 9.41. The molecule has 0 heterocycles. The molecule has 0 aliphatic carbocycles. The molecule has 0 aliphatic heterocycles. The molecule has 0 saturated carbocycles. The molecule has 0 aromatic heterocycles. The average molecular weight is 416 g/mol. The summed E-state index contributed by atoms with van der Waals surface area (Å²) >= 11 is 0. The third kappa shape index (κ3) is 11.7. The van der Waals surface area contributed by atoms with E-state index in [1.54, 1.807) is 0 Å². The number of carbonyl (C=O) groups is 5. The second-order valence-electron chi connectivity index (χ2n) is 7.70. The quantitative estimate of drug-likeness (QED) is 0.221. The van der Waals surface area contributed by atoms with Crippen LogP contribution in [0.25, 0.3) is 0 Å². The lowest BCUT2D eigenvalue weighted by Gasteiger charge is -2.22. The van der Waals surface area contributed by atoms with E-state index in [0.717, 1.165) is 0 Å². The highest BCUT2D eigenvalue weighted by atomic mass is 16.4. The first-order chi connectivity index (χ1) is 13.3. The van der Waals surface area contributed by atoms with Crippen molar-refractivity contribution in [1.29, 1.82) is 0 Å². The summed E-state index contributed by atoms with van der Waals surface area (Å²) in [6.07, 6.45) is -0.0381. The lowest BCUT2D eigenvalue weighted by molar-refractivity contribution is -0.147. The number of nitrogens with one attached hydrogen (secondary N) is 3. The molecule has 0 spiro atoms. The predicted octanol–water partition coefficient (Wildman–Crippen LogP) is -0.949. The third-order valence-corrected chi connectivity index (χ3v) is 3.84. The van der Waals surface area contributed by atoms with Gasteiger partial charge in [-0.3, -0.25) is 19.2 Å². The van der Waals surface area contributed by atoms with Crippen molar-refractivity contribution in [2.24, 2.45) is 17.6 Å². The summed E-state index contributed by atoms with van der Waals surface area (Å²) < 4.78 is 0. The minimum absolute atomic E-state index is 0.0631. The van der Waals surface area contributed by atoms with E-state index in [0.29, 0.717) is 12.8 Å². The summed E-state index contributed by atoms with van der Waals surface area (Å²) in [4.78, 5) is 58.1. The summed E-state index contributed by atoms with van der Waals surface area (Å²) in [5.41, 5.74) is 5.83. The maximum atomic E-state index is 12.4. The minimum Gasteiger partial charge on any atom is -0.481 e. The highest BCUT2D eigenvalue weighted by Gasteiger charge is 2.26. The summed E-state index contributed by atoms with van der Waals surface area (Å²) in [6.45, 7) is 6.98. The molecule has 3 atom stereocenters. The molecule has 3 unspecified atom stereocenters. The summed E-state index contributed by atoms with van der Waals surface area (Å²) in [6, 6.07) is -3.30. The van der Waals surface area contributed by atoms with E-state index in [-0.39, 0.29) is 11.8 Å². The van der Waals surface area contributed by atoms with Crippen molar-refractivity contribution in [2.75, 3.05) is 6.54 Å². The Morgan fingerprint density at radius 3 is 1.83 bits per heavy atom. The smallest absolute Gasteiger partial charge is 0.326 e. The van der Waals surface area contributed by atoms with Crippen LogP contribution in [0.3, 0.4) is 0 Å². The first kappa shape index (κ1) is 26.3. The molecule has 0 saturated heterocycles. The minimum atomic E-state index is -1.61. The Bertz CT molecular complexity index is 607. The van der Waals surface area contributed by atoms with Gasteiger partial charge in [-0.25, -0.2) is 4.79 Å².